The van der Waals surface area contributed by atoms with Crippen LogP contribution in [-0.2, 0) is 9.53 Å². The zero-order valence-electron chi connectivity index (χ0n) is 16.8. The lowest BCUT2D eigenvalue weighted by atomic mass is 9.65. The number of rotatable bonds is 4. The van der Waals surface area contributed by atoms with Crippen molar-refractivity contribution in [1.82, 2.24) is 0 Å². The Morgan fingerprint density at radius 1 is 1.06 bits per heavy atom. The molecule has 0 saturated carbocycles. The quantitative estimate of drug-likeness (QED) is 0.343. The molecule has 3 aliphatic rings. The first kappa shape index (κ1) is 19.2. The van der Waals surface area contributed by atoms with E-state index in [0.717, 1.165) is 11.1 Å². The van der Waals surface area contributed by atoms with Crippen molar-refractivity contribution >= 4 is 5.97 Å². The smallest absolute Gasteiger partial charge is 0.310 e. The summed E-state index contributed by atoms with van der Waals surface area (Å²) < 4.78 is 27.1. The standard InChI is InChI=1S/C21H19N3O7/c1-27-15-3-9(4-16(28-2)20(15)25)17-10-5-13-14(31-8-30-13)6-11(10)19(23-24-22)12-7-29-21(26)18(12)17/h3-6,12,17-19,25H,7-8H2,1-2H3/t12-,17-,18-,19-/m1/s1. The largest absolute Gasteiger partial charge is 0.502 e. The van der Waals surface area contributed by atoms with Crippen LogP contribution in [0, 0.1) is 11.8 Å². The van der Waals surface area contributed by atoms with Gasteiger partial charge in [-0.1, -0.05) is 5.11 Å². The fraction of sp³-hybridized carbons (Fsp3) is 0.381. The number of phenols is 1. The number of methoxy groups -OCH3 is 2. The predicted octanol–water partition coefficient (Wildman–Crippen LogP) is 3.42. The lowest BCUT2D eigenvalue weighted by Crippen LogP contribution is -2.34. The number of carbonyl (C=O) groups excluding carboxylic acids is 1. The number of benzene rings is 2. The van der Waals surface area contributed by atoms with Gasteiger partial charge in [-0.25, -0.2) is 0 Å². The highest BCUT2D eigenvalue weighted by Crippen LogP contribution is 2.56. The van der Waals surface area contributed by atoms with Crippen molar-refractivity contribution in [2.24, 2.45) is 17.0 Å². The third-order valence-corrected chi connectivity index (χ3v) is 6.19. The highest BCUT2D eigenvalue weighted by Gasteiger charge is 2.52. The Kier molecular flexibility index (Phi) is 4.44. The molecule has 0 bridgehead atoms. The number of fused-ring (bicyclic) bond motifs is 3. The molecule has 1 aliphatic carbocycles. The molecule has 1 saturated heterocycles. The topological polar surface area (TPSA) is 132 Å². The van der Waals surface area contributed by atoms with Gasteiger partial charge in [0.15, 0.2) is 23.0 Å². The molecule has 160 valence electrons. The molecule has 0 radical (unpaired) electrons. The molecular weight excluding hydrogens is 406 g/mol. The summed E-state index contributed by atoms with van der Waals surface area (Å²) in [6, 6.07) is 6.37. The Bertz CT molecular complexity index is 1100. The fourth-order valence-electron chi connectivity index (χ4n) is 4.83. The first-order valence-corrected chi connectivity index (χ1v) is 9.66. The van der Waals surface area contributed by atoms with Crippen LogP contribution in [0.1, 0.15) is 28.7 Å². The van der Waals surface area contributed by atoms with Crippen molar-refractivity contribution in [1.29, 1.82) is 0 Å². The number of nitrogens with zero attached hydrogens (tertiary/aromatic N) is 3. The second-order valence-corrected chi connectivity index (χ2v) is 7.56. The Balaban J connectivity index is 1.78. The van der Waals surface area contributed by atoms with Gasteiger partial charge in [0.1, 0.15) is 0 Å². The van der Waals surface area contributed by atoms with E-state index in [1.165, 1.54) is 14.2 Å². The van der Waals surface area contributed by atoms with Crippen molar-refractivity contribution in [2.75, 3.05) is 27.6 Å². The summed E-state index contributed by atoms with van der Waals surface area (Å²) in [5.74, 6) is -0.373. The molecule has 2 aromatic carbocycles. The average Bonchev–Trinajstić information content (AvgIpc) is 3.39. The molecule has 0 unspecified atom stereocenters. The molecule has 2 heterocycles. The van der Waals surface area contributed by atoms with Gasteiger partial charge in [-0.05, 0) is 46.5 Å². The molecule has 5 rings (SSSR count). The molecule has 10 nitrogen and oxygen atoms in total. The van der Waals surface area contributed by atoms with Crippen LogP contribution in [-0.4, -0.2) is 38.7 Å². The lowest BCUT2D eigenvalue weighted by Gasteiger charge is -2.37. The third kappa shape index (κ3) is 2.79. The number of ether oxygens (including phenoxy) is 5. The summed E-state index contributed by atoms with van der Waals surface area (Å²) in [6.45, 7) is 0.231. The molecule has 31 heavy (non-hydrogen) atoms. The van der Waals surface area contributed by atoms with Crippen molar-refractivity contribution < 1.29 is 33.6 Å². The Morgan fingerprint density at radius 3 is 2.32 bits per heavy atom. The molecule has 2 aliphatic heterocycles. The Hall–Kier alpha value is -3.78. The maximum Gasteiger partial charge on any atom is 0.310 e. The minimum absolute atomic E-state index is 0.0881. The van der Waals surface area contributed by atoms with Crippen molar-refractivity contribution in [3.05, 3.63) is 51.4 Å². The number of phenolic OH excluding ortho intramolecular Hbond substituents is 1. The van der Waals surface area contributed by atoms with Gasteiger partial charge in [-0.2, -0.15) is 0 Å². The molecule has 0 amide bonds. The Morgan fingerprint density at radius 2 is 1.71 bits per heavy atom. The first-order valence-electron chi connectivity index (χ1n) is 9.66. The average molecular weight is 425 g/mol. The molecule has 4 atom stereocenters. The van der Waals surface area contributed by atoms with Gasteiger partial charge in [-0.15, -0.1) is 0 Å². The van der Waals surface area contributed by atoms with Crippen LogP contribution in [0.3, 0.4) is 0 Å². The van der Waals surface area contributed by atoms with Gasteiger partial charge in [-0.3, -0.25) is 4.79 Å². The molecule has 10 heteroatoms. The summed E-state index contributed by atoms with van der Waals surface area (Å²) in [5.41, 5.74) is 11.4. The molecule has 1 fully saturated rings. The van der Waals surface area contributed by atoms with E-state index in [9.17, 15) is 15.4 Å². The minimum Gasteiger partial charge on any atom is -0.502 e. The number of hydrogen-bond donors (Lipinski definition) is 1. The van der Waals surface area contributed by atoms with E-state index in [2.05, 4.69) is 10.0 Å². The summed E-state index contributed by atoms with van der Waals surface area (Å²) >= 11 is 0. The normalized spacial score (nSPS) is 25.2. The fourth-order valence-corrected chi connectivity index (χ4v) is 4.83. The van der Waals surface area contributed by atoms with E-state index in [1.807, 2.05) is 6.07 Å². The van der Waals surface area contributed by atoms with E-state index in [1.54, 1.807) is 18.2 Å². The summed E-state index contributed by atoms with van der Waals surface area (Å²) in [5, 5.41) is 14.4. The second kappa shape index (κ2) is 7.17. The van der Waals surface area contributed by atoms with E-state index in [0.29, 0.717) is 17.1 Å². The molecule has 2 aromatic rings. The van der Waals surface area contributed by atoms with Crippen LogP contribution in [0.15, 0.2) is 29.4 Å². The summed E-state index contributed by atoms with van der Waals surface area (Å²) in [7, 11) is 2.88. The number of azide groups is 1. The van der Waals surface area contributed by atoms with Crippen LogP contribution in [0.4, 0.5) is 0 Å². The van der Waals surface area contributed by atoms with Crippen LogP contribution < -0.4 is 18.9 Å². The molecule has 0 aromatic heterocycles. The number of aromatic hydroxyl groups is 1. The predicted molar refractivity (Wildman–Crippen MR) is 105 cm³/mol. The molecule has 0 spiro atoms. The number of hydrogen-bond acceptors (Lipinski definition) is 8. The maximum atomic E-state index is 12.8. The molecular formula is C21H19N3O7. The first-order chi connectivity index (χ1) is 15.1. The van der Waals surface area contributed by atoms with Crippen molar-refractivity contribution in [2.45, 2.75) is 12.0 Å². The summed E-state index contributed by atoms with van der Waals surface area (Å²) in [6.07, 6.45) is 0. The minimum atomic E-state index is -0.595. The van der Waals surface area contributed by atoms with Gasteiger partial charge in [0.25, 0.3) is 0 Å². The summed E-state index contributed by atoms with van der Waals surface area (Å²) in [4.78, 5) is 15.9. The number of cyclic esters (lactones) is 1. The van der Waals surface area contributed by atoms with Crippen LogP contribution >= 0.6 is 0 Å². The van der Waals surface area contributed by atoms with E-state index < -0.39 is 17.9 Å². The number of esters is 1. The van der Waals surface area contributed by atoms with Gasteiger partial charge >= 0.3 is 5.97 Å². The van der Waals surface area contributed by atoms with Crippen molar-refractivity contribution in [3.63, 3.8) is 0 Å². The lowest BCUT2D eigenvalue weighted by molar-refractivity contribution is -0.141. The van der Waals surface area contributed by atoms with Crippen LogP contribution in [0.25, 0.3) is 10.4 Å². The highest BCUT2D eigenvalue weighted by molar-refractivity contribution is 5.79. The van der Waals surface area contributed by atoms with Gasteiger partial charge in [0, 0.05) is 16.7 Å². The zero-order chi connectivity index (χ0) is 21.7. The number of carbonyl (C=O) groups is 1. The third-order valence-electron chi connectivity index (χ3n) is 6.19. The van der Waals surface area contributed by atoms with Crippen molar-refractivity contribution in [3.8, 4) is 28.7 Å². The molecule has 1 N–H and O–H groups in total. The second-order valence-electron chi connectivity index (χ2n) is 7.56. The van der Waals surface area contributed by atoms with Gasteiger partial charge in [0.05, 0.1) is 32.8 Å². The SMILES string of the molecule is COc1cc([C@@H]2c3cc4c(cc3[C@@H](N=[N+]=[N-])[C@@H]3COC(=O)[C@@H]23)OCO4)cc(OC)c1O. The highest BCUT2D eigenvalue weighted by atomic mass is 16.7. The van der Waals surface area contributed by atoms with Crippen LogP contribution in [0.5, 0.6) is 28.7 Å². The van der Waals surface area contributed by atoms with E-state index in [-0.39, 0.29) is 42.5 Å². The van der Waals surface area contributed by atoms with E-state index >= 15 is 0 Å². The monoisotopic (exact) mass is 425 g/mol. The van der Waals surface area contributed by atoms with Crippen LogP contribution in [0.2, 0.25) is 0 Å². The zero-order valence-corrected chi connectivity index (χ0v) is 16.8. The van der Waals surface area contributed by atoms with E-state index in [4.69, 9.17) is 23.7 Å². The van der Waals surface area contributed by atoms with Gasteiger partial charge < -0.3 is 28.8 Å². The Labute approximate surface area is 176 Å². The maximum absolute atomic E-state index is 12.8. The van der Waals surface area contributed by atoms with Gasteiger partial charge in [0.2, 0.25) is 12.5 Å².